The van der Waals surface area contributed by atoms with E-state index in [1.807, 2.05) is 0 Å². The molecule has 142 valence electrons. The van der Waals surface area contributed by atoms with Crippen LogP contribution in [0.2, 0.25) is 0 Å². The zero-order valence-electron chi connectivity index (χ0n) is 17.2. The highest BCUT2D eigenvalue weighted by molar-refractivity contribution is 5.22. The summed E-state index contributed by atoms with van der Waals surface area (Å²) in [5.74, 6) is 13.3. The molecule has 0 spiro atoms. The van der Waals surface area contributed by atoms with Crippen molar-refractivity contribution in [3.63, 3.8) is 0 Å². The van der Waals surface area contributed by atoms with E-state index >= 15 is 0 Å². The van der Waals surface area contributed by atoms with Crippen LogP contribution >= 0.6 is 0 Å². The normalized spacial score (nSPS) is 9.92. The number of hydrogen-bond donors (Lipinski definition) is 0. The summed E-state index contributed by atoms with van der Waals surface area (Å²) >= 11 is 0. The number of nitrogens with zero attached hydrogens (tertiary/aromatic N) is 1. The van der Waals surface area contributed by atoms with Gasteiger partial charge in [-0.15, -0.1) is 5.92 Å². The Bertz CT molecular complexity index is 579. The molecule has 0 amide bonds. The van der Waals surface area contributed by atoms with Crippen molar-refractivity contribution in [3.05, 3.63) is 30.1 Å². The summed E-state index contributed by atoms with van der Waals surface area (Å²) in [7, 11) is 0. The second-order valence-electron chi connectivity index (χ2n) is 7.01. The summed E-state index contributed by atoms with van der Waals surface area (Å²) in [5.41, 5.74) is 1.11. The first-order valence-corrected chi connectivity index (χ1v) is 10.8. The summed E-state index contributed by atoms with van der Waals surface area (Å²) in [4.78, 5) is 0. The Morgan fingerprint density at radius 1 is 0.692 bits per heavy atom. The highest BCUT2D eigenvalue weighted by atomic mass is 14.9. The van der Waals surface area contributed by atoms with Crippen LogP contribution in [-0.4, -0.2) is 0 Å². The van der Waals surface area contributed by atoms with Crippen molar-refractivity contribution >= 4 is 0 Å². The molecule has 0 radical (unpaired) electrons. The molecule has 0 bridgehead atoms. The van der Waals surface area contributed by atoms with E-state index < -0.39 is 0 Å². The minimum absolute atomic E-state index is 0.912. The molecule has 0 fully saturated rings. The molecule has 1 heterocycles. The standard InChI is InChI=1S/C25H38N/c1-3-5-7-9-10-11-12-13-14-15-16-19-23-26-24-20-18-22-25(26)21-17-8-6-4-2/h18,20,22,24H,3-14,19,23H2,1-2H3/q+1. The van der Waals surface area contributed by atoms with E-state index in [0.29, 0.717) is 0 Å². The lowest BCUT2D eigenvalue weighted by Crippen LogP contribution is -2.36. The van der Waals surface area contributed by atoms with Crippen LogP contribution in [-0.2, 0) is 6.54 Å². The summed E-state index contributed by atoms with van der Waals surface area (Å²) in [6, 6.07) is 6.24. The van der Waals surface area contributed by atoms with Crippen LogP contribution in [0.3, 0.4) is 0 Å². The van der Waals surface area contributed by atoms with Gasteiger partial charge in [0.25, 0.3) is 5.69 Å². The molecule has 0 atom stereocenters. The van der Waals surface area contributed by atoms with Crippen LogP contribution < -0.4 is 4.57 Å². The predicted molar refractivity (Wildman–Crippen MR) is 113 cm³/mol. The molecular formula is C25H38N+. The summed E-state index contributed by atoms with van der Waals surface area (Å²) in [6.45, 7) is 5.41. The molecule has 0 aliphatic heterocycles. The van der Waals surface area contributed by atoms with E-state index in [-0.39, 0.29) is 0 Å². The van der Waals surface area contributed by atoms with E-state index in [4.69, 9.17) is 0 Å². The van der Waals surface area contributed by atoms with Gasteiger partial charge in [-0.25, -0.2) is 0 Å². The van der Waals surface area contributed by atoms with E-state index in [1.54, 1.807) is 0 Å². The lowest BCUT2D eigenvalue weighted by molar-refractivity contribution is -0.698. The molecule has 0 aromatic carbocycles. The summed E-state index contributed by atoms with van der Waals surface area (Å²) in [5, 5.41) is 0. The molecule has 1 heteroatoms. The van der Waals surface area contributed by atoms with Crippen LogP contribution in [0.15, 0.2) is 24.4 Å². The van der Waals surface area contributed by atoms with Crippen LogP contribution in [0.25, 0.3) is 0 Å². The number of aryl methyl sites for hydroxylation is 1. The van der Waals surface area contributed by atoms with Crippen LogP contribution in [0.4, 0.5) is 0 Å². The highest BCUT2D eigenvalue weighted by Crippen LogP contribution is 2.09. The summed E-state index contributed by atoms with van der Waals surface area (Å²) in [6.07, 6.45) is 18.4. The van der Waals surface area contributed by atoms with Crippen LogP contribution in [0.1, 0.15) is 103 Å². The van der Waals surface area contributed by atoms with Gasteiger partial charge in [-0.3, -0.25) is 0 Å². The molecule has 0 N–H and O–H groups in total. The van der Waals surface area contributed by atoms with E-state index in [0.717, 1.165) is 31.5 Å². The fraction of sp³-hybridized carbons (Fsp3) is 0.640. The Labute approximate surface area is 162 Å². The number of unbranched alkanes of at least 4 members (excludes halogenated alkanes) is 10. The molecule has 26 heavy (non-hydrogen) atoms. The number of aromatic nitrogens is 1. The summed E-state index contributed by atoms with van der Waals surface area (Å²) < 4.78 is 2.23. The average molecular weight is 353 g/mol. The minimum Gasteiger partial charge on any atom is -0.190 e. The molecule has 0 saturated heterocycles. The number of pyridine rings is 1. The van der Waals surface area contributed by atoms with Gasteiger partial charge in [0.05, 0.1) is 6.42 Å². The van der Waals surface area contributed by atoms with Crippen LogP contribution in [0, 0.1) is 23.7 Å². The van der Waals surface area contributed by atoms with E-state index in [2.05, 4.69) is 66.5 Å². The van der Waals surface area contributed by atoms with Crippen molar-refractivity contribution < 1.29 is 4.57 Å². The Morgan fingerprint density at radius 2 is 1.35 bits per heavy atom. The van der Waals surface area contributed by atoms with Crippen molar-refractivity contribution in [2.75, 3.05) is 0 Å². The number of hydrogen-bond acceptors (Lipinski definition) is 0. The third-order valence-corrected chi connectivity index (χ3v) is 4.57. The van der Waals surface area contributed by atoms with Gasteiger partial charge in [0.2, 0.25) is 0 Å². The quantitative estimate of drug-likeness (QED) is 0.231. The Morgan fingerprint density at radius 3 is 2.12 bits per heavy atom. The van der Waals surface area contributed by atoms with Crippen molar-refractivity contribution in [1.29, 1.82) is 0 Å². The van der Waals surface area contributed by atoms with Crippen molar-refractivity contribution in [2.24, 2.45) is 0 Å². The molecule has 0 unspecified atom stereocenters. The van der Waals surface area contributed by atoms with Gasteiger partial charge in [-0.05, 0) is 18.9 Å². The maximum Gasteiger partial charge on any atom is 0.256 e. The average Bonchev–Trinajstić information content (AvgIpc) is 2.67. The molecule has 1 aromatic heterocycles. The Balaban J connectivity index is 2.18. The lowest BCUT2D eigenvalue weighted by Gasteiger charge is -1.99. The zero-order valence-corrected chi connectivity index (χ0v) is 17.2. The van der Waals surface area contributed by atoms with Gasteiger partial charge in [-0.2, -0.15) is 4.57 Å². The SMILES string of the molecule is CCCCC#Cc1cccc[n+]1CCC#CCCCCCCCCCC. The highest BCUT2D eigenvalue weighted by Gasteiger charge is 2.04. The van der Waals surface area contributed by atoms with Crippen molar-refractivity contribution in [3.8, 4) is 23.7 Å². The van der Waals surface area contributed by atoms with Crippen molar-refractivity contribution in [1.82, 2.24) is 0 Å². The van der Waals surface area contributed by atoms with Crippen molar-refractivity contribution in [2.45, 2.75) is 104 Å². The monoisotopic (exact) mass is 352 g/mol. The van der Waals surface area contributed by atoms with Crippen LogP contribution in [0.5, 0.6) is 0 Å². The first kappa shape index (κ1) is 22.3. The second kappa shape index (κ2) is 16.7. The van der Waals surface area contributed by atoms with E-state index in [1.165, 1.54) is 64.2 Å². The third-order valence-electron chi connectivity index (χ3n) is 4.57. The molecule has 0 aliphatic carbocycles. The largest absolute Gasteiger partial charge is 0.256 e. The fourth-order valence-corrected chi connectivity index (χ4v) is 2.90. The number of rotatable bonds is 12. The second-order valence-corrected chi connectivity index (χ2v) is 7.01. The Hall–Kier alpha value is -1.73. The van der Waals surface area contributed by atoms with Gasteiger partial charge in [0.15, 0.2) is 12.7 Å². The van der Waals surface area contributed by atoms with Gasteiger partial charge in [0, 0.05) is 30.9 Å². The molecule has 1 aromatic rings. The predicted octanol–water partition coefficient (Wildman–Crippen LogP) is 6.44. The molecule has 1 rings (SSSR count). The molecule has 0 aliphatic rings. The topological polar surface area (TPSA) is 3.88 Å². The van der Waals surface area contributed by atoms with Gasteiger partial charge < -0.3 is 0 Å². The van der Waals surface area contributed by atoms with Gasteiger partial charge >= 0.3 is 0 Å². The smallest absolute Gasteiger partial charge is 0.190 e. The lowest BCUT2D eigenvalue weighted by atomic mass is 10.1. The molecular weight excluding hydrogens is 314 g/mol. The molecule has 1 nitrogen and oxygen atoms in total. The van der Waals surface area contributed by atoms with Gasteiger partial charge in [0.1, 0.15) is 0 Å². The Kier molecular flexibility index (Phi) is 14.4. The zero-order chi connectivity index (χ0) is 18.7. The first-order valence-electron chi connectivity index (χ1n) is 10.8. The molecule has 0 saturated carbocycles. The third kappa shape index (κ3) is 11.8. The maximum atomic E-state index is 3.35. The fourth-order valence-electron chi connectivity index (χ4n) is 2.90. The van der Waals surface area contributed by atoms with E-state index in [9.17, 15) is 0 Å². The van der Waals surface area contributed by atoms with Gasteiger partial charge in [-0.1, -0.05) is 77.1 Å². The maximum absolute atomic E-state index is 3.35. The first-order chi connectivity index (χ1) is 12.9. The minimum atomic E-state index is 0.912.